The Hall–Kier alpha value is -2.22. The number of nitrogens with zero attached hydrogens (tertiary/aromatic N) is 1. The van der Waals surface area contributed by atoms with Crippen molar-refractivity contribution in [3.8, 4) is 11.8 Å². The van der Waals surface area contributed by atoms with Gasteiger partial charge in [0.15, 0.2) is 0 Å². The molecule has 106 valence electrons. The molecule has 0 radical (unpaired) electrons. The fourth-order valence-corrected chi connectivity index (χ4v) is 2.59. The lowest BCUT2D eigenvalue weighted by molar-refractivity contribution is -0.142. The predicted octanol–water partition coefficient (Wildman–Crippen LogP) is 2.62. The molecule has 0 bridgehead atoms. The zero-order chi connectivity index (χ0) is 14.5. The number of nitriles is 1. The number of carboxylic acids is 1. The van der Waals surface area contributed by atoms with Gasteiger partial charge >= 0.3 is 5.97 Å². The highest BCUT2D eigenvalue weighted by atomic mass is 16.5. The van der Waals surface area contributed by atoms with E-state index in [0.29, 0.717) is 24.2 Å². The molecule has 20 heavy (non-hydrogen) atoms. The van der Waals surface area contributed by atoms with Gasteiger partial charge in [-0.15, -0.1) is 0 Å². The summed E-state index contributed by atoms with van der Waals surface area (Å²) in [5.74, 6) is -0.225. The number of anilines is 1. The van der Waals surface area contributed by atoms with Crippen LogP contribution in [0.4, 0.5) is 5.69 Å². The summed E-state index contributed by atoms with van der Waals surface area (Å²) in [7, 11) is 1.59. The third kappa shape index (κ3) is 3.21. The van der Waals surface area contributed by atoms with E-state index in [2.05, 4.69) is 11.4 Å². The van der Waals surface area contributed by atoms with E-state index in [1.807, 2.05) is 0 Å². The van der Waals surface area contributed by atoms with Crippen LogP contribution in [0.2, 0.25) is 0 Å². The number of hydrogen-bond acceptors (Lipinski definition) is 4. The summed E-state index contributed by atoms with van der Waals surface area (Å²) in [4.78, 5) is 10.9. The first-order valence-corrected chi connectivity index (χ1v) is 6.71. The molecule has 0 saturated heterocycles. The van der Waals surface area contributed by atoms with E-state index in [1.54, 1.807) is 25.3 Å². The van der Waals surface area contributed by atoms with Gasteiger partial charge in [0, 0.05) is 6.04 Å². The first-order chi connectivity index (χ1) is 9.63. The van der Waals surface area contributed by atoms with Crippen molar-refractivity contribution in [3.05, 3.63) is 23.8 Å². The van der Waals surface area contributed by atoms with Gasteiger partial charge in [-0.3, -0.25) is 4.79 Å². The van der Waals surface area contributed by atoms with E-state index >= 15 is 0 Å². The fraction of sp³-hybridized carbons (Fsp3) is 0.467. The number of nitrogens with one attached hydrogen (secondary N) is 1. The summed E-state index contributed by atoms with van der Waals surface area (Å²) in [5.41, 5.74) is 1.37. The van der Waals surface area contributed by atoms with Crippen molar-refractivity contribution in [2.24, 2.45) is 5.92 Å². The van der Waals surface area contributed by atoms with Crippen LogP contribution in [0.25, 0.3) is 0 Å². The van der Waals surface area contributed by atoms with Gasteiger partial charge in [0.05, 0.1) is 30.3 Å². The number of hydrogen-bond donors (Lipinski definition) is 2. The van der Waals surface area contributed by atoms with Gasteiger partial charge in [-0.1, -0.05) is 0 Å². The fourth-order valence-electron chi connectivity index (χ4n) is 2.59. The summed E-state index contributed by atoms with van der Waals surface area (Å²) >= 11 is 0. The van der Waals surface area contributed by atoms with E-state index in [-0.39, 0.29) is 12.0 Å². The molecule has 1 saturated carbocycles. The molecule has 1 aromatic rings. The highest BCUT2D eigenvalue weighted by molar-refractivity contribution is 5.70. The van der Waals surface area contributed by atoms with E-state index in [4.69, 9.17) is 15.1 Å². The van der Waals surface area contributed by atoms with Gasteiger partial charge in [0.25, 0.3) is 0 Å². The quantitative estimate of drug-likeness (QED) is 0.882. The van der Waals surface area contributed by atoms with Crippen LogP contribution in [0.3, 0.4) is 0 Å². The Kier molecular flexibility index (Phi) is 4.46. The average molecular weight is 274 g/mol. The molecule has 1 aliphatic rings. The van der Waals surface area contributed by atoms with Crippen molar-refractivity contribution in [3.63, 3.8) is 0 Å². The summed E-state index contributed by atoms with van der Waals surface area (Å²) in [5, 5.41) is 21.3. The Morgan fingerprint density at radius 1 is 1.40 bits per heavy atom. The number of benzene rings is 1. The predicted molar refractivity (Wildman–Crippen MR) is 74.7 cm³/mol. The van der Waals surface area contributed by atoms with Gasteiger partial charge in [-0.05, 0) is 43.9 Å². The molecule has 0 aliphatic heterocycles. The lowest BCUT2D eigenvalue weighted by atomic mass is 9.86. The van der Waals surface area contributed by atoms with Crippen LogP contribution in [0, 0.1) is 17.2 Å². The maximum atomic E-state index is 10.9. The van der Waals surface area contributed by atoms with Crippen molar-refractivity contribution >= 4 is 11.7 Å². The molecule has 0 amide bonds. The number of rotatable bonds is 4. The molecule has 1 aliphatic carbocycles. The SMILES string of the molecule is COc1ccc(C#N)cc1NC1CCC(C(=O)O)CC1. The summed E-state index contributed by atoms with van der Waals surface area (Å²) in [6, 6.07) is 7.58. The Bertz CT molecular complexity index is 528. The van der Waals surface area contributed by atoms with Crippen LogP contribution in [0.15, 0.2) is 18.2 Å². The summed E-state index contributed by atoms with van der Waals surface area (Å²) in [6.45, 7) is 0. The molecule has 0 unspecified atom stereocenters. The molecule has 5 heteroatoms. The van der Waals surface area contributed by atoms with Gasteiger partial charge in [0.2, 0.25) is 0 Å². The van der Waals surface area contributed by atoms with E-state index in [1.165, 1.54) is 0 Å². The molecule has 1 aromatic carbocycles. The lowest BCUT2D eigenvalue weighted by Crippen LogP contribution is -2.29. The van der Waals surface area contributed by atoms with Crippen LogP contribution >= 0.6 is 0 Å². The molecule has 0 spiro atoms. The van der Waals surface area contributed by atoms with E-state index in [0.717, 1.165) is 18.5 Å². The third-order valence-corrected chi connectivity index (χ3v) is 3.76. The largest absolute Gasteiger partial charge is 0.495 e. The maximum absolute atomic E-state index is 10.9. The number of aliphatic carboxylic acids is 1. The van der Waals surface area contributed by atoms with Crippen molar-refractivity contribution < 1.29 is 14.6 Å². The lowest BCUT2D eigenvalue weighted by Gasteiger charge is -2.28. The van der Waals surface area contributed by atoms with Crippen LogP contribution in [0.5, 0.6) is 5.75 Å². The minimum absolute atomic E-state index is 0.222. The molecule has 0 aromatic heterocycles. The second-order valence-electron chi connectivity index (χ2n) is 5.06. The molecule has 5 nitrogen and oxygen atoms in total. The average Bonchev–Trinajstić information content (AvgIpc) is 2.47. The first-order valence-electron chi connectivity index (χ1n) is 6.71. The van der Waals surface area contributed by atoms with Crippen LogP contribution in [-0.2, 0) is 4.79 Å². The van der Waals surface area contributed by atoms with Gasteiger partial charge in [-0.25, -0.2) is 0 Å². The topological polar surface area (TPSA) is 82.3 Å². The molecule has 2 N–H and O–H groups in total. The molecular formula is C15H18N2O3. The van der Waals surface area contributed by atoms with Crippen molar-refractivity contribution in [2.75, 3.05) is 12.4 Å². The van der Waals surface area contributed by atoms with E-state index < -0.39 is 5.97 Å². The van der Waals surface area contributed by atoms with Crippen molar-refractivity contribution in [1.29, 1.82) is 5.26 Å². The summed E-state index contributed by atoms with van der Waals surface area (Å²) in [6.07, 6.45) is 3.01. The Balaban J connectivity index is 2.04. The number of carboxylic acid groups (broad SMARTS) is 1. The Morgan fingerprint density at radius 3 is 2.65 bits per heavy atom. The molecular weight excluding hydrogens is 256 g/mol. The number of methoxy groups -OCH3 is 1. The van der Waals surface area contributed by atoms with Gasteiger partial charge in [0.1, 0.15) is 5.75 Å². The first kappa shape index (κ1) is 14.2. The molecule has 1 fully saturated rings. The van der Waals surface area contributed by atoms with Crippen LogP contribution in [-0.4, -0.2) is 24.2 Å². The van der Waals surface area contributed by atoms with Gasteiger partial charge < -0.3 is 15.2 Å². The molecule has 0 atom stereocenters. The Morgan fingerprint density at radius 2 is 2.10 bits per heavy atom. The van der Waals surface area contributed by atoms with Crippen LogP contribution < -0.4 is 10.1 Å². The zero-order valence-electron chi connectivity index (χ0n) is 11.4. The highest BCUT2D eigenvalue weighted by Gasteiger charge is 2.26. The molecule has 2 rings (SSSR count). The smallest absolute Gasteiger partial charge is 0.306 e. The number of ether oxygens (including phenoxy) is 1. The van der Waals surface area contributed by atoms with Crippen molar-refractivity contribution in [2.45, 2.75) is 31.7 Å². The van der Waals surface area contributed by atoms with Crippen molar-refractivity contribution in [1.82, 2.24) is 0 Å². The second kappa shape index (κ2) is 6.29. The Labute approximate surface area is 118 Å². The zero-order valence-corrected chi connectivity index (χ0v) is 11.4. The third-order valence-electron chi connectivity index (χ3n) is 3.76. The minimum Gasteiger partial charge on any atom is -0.495 e. The highest BCUT2D eigenvalue weighted by Crippen LogP contribution is 2.31. The second-order valence-corrected chi connectivity index (χ2v) is 5.06. The number of carbonyl (C=O) groups is 1. The van der Waals surface area contributed by atoms with Gasteiger partial charge in [-0.2, -0.15) is 5.26 Å². The normalized spacial score (nSPS) is 21.8. The minimum atomic E-state index is -0.701. The maximum Gasteiger partial charge on any atom is 0.306 e. The van der Waals surface area contributed by atoms with E-state index in [9.17, 15) is 4.79 Å². The van der Waals surface area contributed by atoms with Crippen LogP contribution in [0.1, 0.15) is 31.2 Å². The standard InChI is InChI=1S/C15H18N2O3/c1-20-14-7-2-10(9-16)8-13(14)17-12-5-3-11(4-6-12)15(18)19/h2,7-8,11-12,17H,3-6H2,1H3,(H,18,19). The summed E-state index contributed by atoms with van der Waals surface area (Å²) < 4.78 is 5.28. The molecule has 0 heterocycles. The monoisotopic (exact) mass is 274 g/mol.